The molecule has 0 aromatic heterocycles. The van der Waals surface area contributed by atoms with Gasteiger partial charge in [0.2, 0.25) is 0 Å². The lowest BCUT2D eigenvalue weighted by Crippen LogP contribution is -2.29. The van der Waals surface area contributed by atoms with Crippen molar-refractivity contribution in [2.24, 2.45) is 0 Å². The van der Waals surface area contributed by atoms with Crippen molar-refractivity contribution in [3.63, 3.8) is 0 Å². The normalized spacial score (nSPS) is 9.63. The molecule has 0 bridgehead atoms. The fraction of sp³-hybridized carbons (Fsp3) is 0.333. The van der Waals surface area contributed by atoms with E-state index in [2.05, 4.69) is 5.32 Å². The van der Waals surface area contributed by atoms with Gasteiger partial charge in [0, 0.05) is 12.1 Å². The van der Waals surface area contributed by atoms with E-state index < -0.39 is 18.4 Å². The van der Waals surface area contributed by atoms with Crippen LogP contribution in [0.5, 0.6) is 17.2 Å². The molecule has 0 aliphatic heterocycles. The van der Waals surface area contributed by atoms with Gasteiger partial charge in [0.1, 0.15) is 12.3 Å². The molecule has 1 aromatic rings. The van der Waals surface area contributed by atoms with Gasteiger partial charge in [0.25, 0.3) is 5.91 Å². The molecule has 0 aliphatic carbocycles. The Morgan fingerprint density at radius 1 is 1.05 bits per heavy atom. The molecule has 7 heteroatoms. The second kappa shape index (κ2) is 6.48. The Balaban J connectivity index is 3.10. The van der Waals surface area contributed by atoms with E-state index in [0.29, 0.717) is 11.5 Å². The van der Waals surface area contributed by atoms with E-state index in [1.807, 2.05) is 0 Å². The van der Waals surface area contributed by atoms with Crippen molar-refractivity contribution in [3.05, 3.63) is 17.7 Å². The monoisotopic (exact) mass is 269 g/mol. The first kappa shape index (κ1) is 14.6. The summed E-state index contributed by atoms with van der Waals surface area (Å²) in [6, 6.07) is 2.92. The number of hydrogen-bond acceptors (Lipinski definition) is 5. The molecule has 1 amide bonds. The number of carboxylic acid groups (broad SMARTS) is 1. The van der Waals surface area contributed by atoms with E-state index in [4.69, 9.17) is 19.3 Å². The third-order valence-electron chi connectivity index (χ3n) is 2.35. The third kappa shape index (κ3) is 3.51. The largest absolute Gasteiger partial charge is 0.496 e. The van der Waals surface area contributed by atoms with Gasteiger partial charge in [-0.15, -0.1) is 0 Å². The zero-order valence-electron chi connectivity index (χ0n) is 10.9. The second-order valence-electron chi connectivity index (χ2n) is 3.48. The summed E-state index contributed by atoms with van der Waals surface area (Å²) in [6.07, 6.45) is 0. The first-order valence-electron chi connectivity index (χ1n) is 5.33. The third-order valence-corrected chi connectivity index (χ3v) is 2.35. The summed E-state index contributed by atoms with van der Waals surface area (Å²) < 4.78 is 15.2. The first-order valence-corrected chi connectivity index (χ1v) is 5.33. The lowest BCUT2D eigenvalue weighted by molar-refractivity contribution is -0.135. The molecule has 0 unspecified atom stereocenters. The number of ether oxygens (including phenoxy) is 3. The number of nitrogens with one attached hydrogen (secondary N) is 1. The Morgan fingerprint density at radius 3 is 2.05 bits per heavy atom. The Hall–Kier alpha value is -2.44. The summed E-state index contributed by atoms with van der Waals surface area (Å²) in [5.41, 5.74) is 0.168. The van der Waals surface area contributed by atoms with Crippen molar-refractivity contribution in [1.82, 2.24) is 5.32 Å². The maximum absolute atomic E-state index is 11.8. The predicted molar refractivity (Wildman–Crippen MR) is 66.1 cm³/mol. The first-order chi connectivity index (χ1) is 9.03. The van der Waals surface area contributed by atoms with Gasteiger partial charge in [-0.2, -0.15) is 0 Å². The number of aliphatic carboxylic acids is 1. The molecule has 0 saturated heterocycles. The van der Waals surface area contributed by atoms with Crippen molar-refractivity contribution in [2.45, 2.75) is 0 Å². The lowest BCUT2D eigenvalue weighted by atomic mass is 10.1. The number of amides is 1. The van der Waals surface area contributed by atoms with Crippen LogP contribution in [-0.2, 0) is 4.79 Å². The molecule has 1 aromatic carbocycles. The van der Waals surface area contributed by atoms with E-state index in [1.165, 1.54) is 33.5 Å². The molecule has 0 atom stereocenters. The van der Waals surface area contributed by atoms with E-state index in [-0.39, 0.29) is 11.3 Å². The van der Waals surface area contributed by atoms with Crippen LogP contribution in [0.2, 0.25) is 0 Å². The van der Waals surface area contributed by atoms with Gasteiger partial charge in [0.15, 0.2) is 11.5 Å². The average Bonchev–Trinajstić information content (AvgIpc) is 2.42. The summed E-state index contributed by atoms with van der Waals surface area (Å²) in [5.74, 6) is -0.675. The molecule has 0 saturated carbocycles. The van der Waals surface area contributed by atoms with Gasteiger partial charge in [-0.3, -0.25) is 9.59 Å². The van der Waals surface area contributed by atoms with Crippen LogP contribution >= 0.6 is 0 Å². The molecular weight excluding hydrogens is 254 g/mol. The van der Waals surface area contributed by atoms with Crippen molar-refractivity contribution in [3.8, 4) is 17.2 Å². The van der Waals surface area contributed by atoms with Crippen molar-refractivity contribution in [2.75, 3.05) is 27.9 Å². The predicted octanol–water partition coefficient (Wildman–Crippen LogP) is 0.527. The van der Waals surface area contributed by atoms with Crippen molar-refractivity contribution >= 4 is 11.9 Å². The Bertz CT molecular complexity index is 485. The smallest absolute Gasteiger partial charge is 0.322 e. The molecule has 0 radical (unpaired) electrons. The Labute approximate surface area is 110 Å². The van der Waals surface area contributed by atoms with Gasteiger partial charge >= 0.3 is 5.97 Å². The van der Waals surface area contributed by atoms with Crippen LogP contribution in [0.4, 0.5) is 0 Å². The summed E-state index contributed by atoms with van der Waals surface area (Å²) in [7, 11) is 4.29. The van der Waals surface area contributed by atoms with E-state index in [0.717, 1.165) is 0 Å². The quantitative estimate of drug-likeness (QED) is 0.782. The molecule has 0 fully saturated rings. The number of methoxy groups -OCH3 is 3. The van der Waals surface area contributed by atoms with E-state index >= 15 is 0 Å². The highest BCUT2D eigenvalue weighted by Gasteiger charge is 2.17. The highest BCUT2D eigenvalue weighted by atomic mass is 16.5. The summed E-state index contributed by atoms with van der Waals surface area (Å²) in [5, 5.41) is 10.8. The van der Waals surface area contributed by atoms with Gasteiger partial charge in [-0.05, 0) is 0 Å². The van der Waals surface area contributed by atoms with Crippen LogP contribution < -0.4 is 19.5 Å². The Morgan fingerprint density at radius 2 is 1.58 bits per heavy atom. The summed E-state index contributed by atoms with van der Waals surface area (Å²) in [6.45, 7) is -0.476. The number of hydrogen-bond donors (Lipinski definition) is 2. The number of carbonyl (C=O) groups excluding carboxylic acids is 1. The second-order valence-corrected chi connectivity index (χ2v) is 3.48. The fourth-order valence-electron chi connectivity index (χ4n) is 1.46. The zero-order chi connectivity index (χ0) is 14.4. The highest BCUT2D eigenvalue weighted by molar-refractivity contribution is 5.99. The minimum atomic E-state index is -1.13. The molecular formula is C12H15NO6. The van der Waals surface area contributed by atoms with Gasteiger partial charge in [-0.1, -0.05) is 0 Å². The molecule has 1 rings (SSSR count). The fourth-order valence-corrected chi connectivity index (χ4v) is 1.46. The maximum atomic E-state index is 11.8. The van der Waals surface area contributed by atoms with Crippen LogP contribution in [0.25, 0.3) is 0 Å². The molecule has 0 heterocycles. The SMILES string of the molecule is COc1cc(OC)c(C(=O)NCC(=O)O)cc1OC. The molecule has 0 aliphatic rings. The van der Waals surface area contributed by atoms with Crippen LogP contribution in [0.15, 0.2) is 12.1 Å². The van der Waals surface area contributed by atoms with Gasteiger partial charge in [-0.25, -0.2) is 0 Å². The number of rotatable bonds is 6. The zero-order valence-corrected chi connectivity index (χ0v) is 10.9. The standard InChI is InChI=1S/C12H15NO6/c1-17-8-5-10(19-3)9(18-2)4-7(8)12(16)13-6-11(14)15/h4-5H,6H2,1-3H3,(H,13,16)(H,14,15). The van der Waals surface area contributed by atoms with Crippen molar-refractivity contribution in [1.29, 1.82) is 0 Å². The van der Waals surface area contributed by atoms with Gasteiger partial charge in [0.05, 0.1) is 26.9 Å². The van der Waals surface area contributed by atoms with E-state index in [9.17, 15) is 9.59 Å². The molecule has 104 valence electrons. The topological polar surface area (TPSA) is 94.1 Å². The van der Waals surface area contributed by atoms with Crippen LogP contribution in [-0.4, -0.2) is 44.9 Å². The average molecular weight is 269 g/mol. The molecule has 0 spiro atoms. The maximum Gasteiger partial charge on any atom is 0.322 e. The number of carbonyl (C=O) groups is 2. The van der Waals surface area contributed by atoms with Crippen molar-refractivity contribution < 1.29 is 28.9 Å². The van der Waals surface area contributed by atoms with Crippen LogP contribution in [0, 0.1) is 0 Å². The minimum absolute atomic E-state index is 0.168. The van der Waals surface area contributed by atoms with Gasteiger partial charge < -0.3 is 24.6 Å². The van der Waals surface area contributed by atoms with Crippen LogP contribution in [0.1, 0.15) is 10.4 Å². The lowest BCUT2D eigenvalue weighted by Gasteiger charge is -2.13. The summed E-state index contributed by atoms with van der Waals surface area (Å²) >= 11 is 0. The number of carboxylic acids is 1. The molecule has 7 nitrogen and oxygen atoms in total. The highest BCUT2D eigenvalue weighted by Crippen LogP contribution is 2.34. The number of benzene rings is 1. The Kier molecular flexibility index (Phi) is 4.99. The molecule has 19 heavy (non-hydrogen) atoms. The summed E-state index contributed by atoms with van der Waals surface area (Å²) in [4.78, 5) is 22.3. The van der Waals surface area contributed by atoms with E-state index in [1.54, 1.807) is 0 Å². The van der Waals surface area contributed by atoms with Crippen LogP contribution in [0.3, 0.4) is 0 Å². The molecule has 2 N–H and O–H groups in total. The minimum Gasteiger partial charge on any atom is -0.496 e.